The molecule has 100 valence electrons. The normalized spacial score (nSPS) is 12.1. The number of aromatic hydroxyl groups is 1. The third-order valence-corrected chi connectivity index (χ3v) is 3.29. The van der Waals surface area contributed by atoms with Gasteiger partial charge in [-0.05, 0) is 29.7 Å². The van der Waals surface area contributed by atoms with E-state index in [0.29, 0.717) is 5.92 Å². The maximum atomic E-state index is 9.35. The minimum Gasteiger partial charge on any atom is -0.508 e. The van der Waals surface area contributed by atoms with Crippen LogP contribution in [0, 0.1) is 5.92 Å². The first-order valence-electron chi connectivity index (χ1n) is 6.72. The van der Waals surface area contributed by atoms with Crippen molar-refractivity contribution in [2.75, 3.05) is 6.61 Å². The minimum atomic E-state index is 0.279. The fraction of sp³-hybridized carbons (Fsp3) is 0.294. The summed E-state index contributed by atoms with van der Waals surface area (Å²) < 4.78 is 5.91. The second-order valence-corrected chi connectivity index (χ2v) is 4.87. The molecule has 2 rings (SSSR count). The van der Waals surface area contributed by atoms with Crippen LogP contribution in [-0.2, 0) is 0 Å². The molecule has 0 heterocycles. The predicted molar refractivity (Wildman–Crippen MR) is 78.5 cm³/mol. The molecule has 0 aromatic heterocycles. The molecular weight excluding hydrogens is 236 g/mol. The topological polar surface area (TPSA) is 29.5 Å². The number of hydrogen-bond acceptors (Lipinski definition) is 2. The third-order valence-electron chi connectivity index (χ3n) is 3.29. The first-order chi connectivity index (χ1) is 9.20. The van der Waals surface area contributed by atoms with E-state index < -0.39 is 0 Å². The number of phenolic OH excluding ortho intramolecular Hbond substituents is 1. The Labute approximate surface area is 114 Å². The summed E-state index contributed by atoms with van der Waals surface area (Å²) in [6.07, 6.45) is 1.11. The van der Waals surface area contributed by atoms with Gasteiger partial charge >= 0.3 is 0 Å². The number of ether oxygens (including phenoxy) is 1. The average Bonchev–Trinajstić information content (AvgIpc) is 2.46. The molecule has 2 heteroatoms. The van der Waals surface area contributed by atoms with E-state index in [2.05, 4.69) is 13.8 Å². The van der Waals surface area contributed by atoms with Crippen molar-refractivity contribution in [1.29, 1.82) is 0 Å². The van der Waals surface area contributed by atoms with E-state index in [1.165, 1.54) is 0 Å². The number of rotatable bonds is 5. The summed E-state index contributed by atoms with van der Waals surface area (Å²) in [5.74, 6) is 1.73. The van der Waals surface area contributed by atoms with Crippen molar-refractivity contribution in [3.05, 3.63) is 48.5 Å². The van der Waals surface area contributed by atoms with Gasteiger partial charge in [0, 0.05) is 5.56 Å². The van der Waals surface area contributed by atoms with E-state index >= 15 is 0 Å². The van der Waals surface area contributed by atoms with Gasteiger partial charge in [-0.3, -0.25) is 0 Å². The lowest BCUT2D eigenvalue weighted by atomic mass is 10.0. The molecule has 2 nitrogen and oxygen atoms in total. The summed E-state index contributed by atoms with van der Waals surface area (Å²) in [5, 5.41) is 9.35. The van der Waals surface area contributed by atoms with Gasteiger partial charge < -0.3 is 9.84 Å². The van der Waals surface area contributed by atoms with Crippen molar-refractivity contribution < 1.29 is 9.84 Å². The van der Waals surface area contributed by atoms with Crippen LogP contribution < -0.4 is 4.74 Å². The van der Waals surface area contributed by atoms with Gasteiger partial charge in [0.15, 0.2) is 0 Å². The van der Waals surface area contributed by atoms with E-state index in [1.807, 2.05) is 36.4 Å². The zero-order valence-electron chi connectivity index (χ0n) is 11.5. The van der Waals surface area contributed by atoms with Crippen LogP contribution in [-0.4, -0.2) is 11.7 Å². The molecule has 0 bridgehead atoms. The summed E-state index contributed by atoms with van der Waals surface area (Å²) in [4.78, 5) is 0. The monoisotopic (exact) mass is 256 g/mol. The molecule has 1 atom stereocenters. The van der Waals surface area contributed by atoms with Crippen LogP contribution >= 0.6 is 0 Å². The molecule has 19 heavy (non-hydrogen) atoms. The standard InChI is InChI=1S/C17H20O2/c1-3-13(2)12-19-17-7-5-4-6-16(17)14-8-10-15(18)11-9-14/h4-11,13,18H,3,12H2,1-2H3. The van der Waals surface area contributed by atoms with Crippen molar-refractivity contribution in [3.63, 3.8) is 0 Å². The van der Waals surface area contributed by atoms with Crippen molar-refractivity contribution in [3.8, 4) is 22.6 Å². The van der Waals surface area contributed by atoms with E-state index in [4.69, 9.17) is 4.74 Å². The fourth-order valence-electron chi connectivity index (χ4n) is 1.82. The van der Waals surface area contributed by atoms with Crippen LogP contribution in [0.5, 0.6) is 11.5 Å². The molecule has 0 saturated carbocycles. The second-order valence-electron chi connectivity index (χ2n) is 4.87. The molecule has 0 amide bonds. The molecule has 0 aliphatic rings. The van der Waals surface area contributed by atoms with Gasteiger partial charge in [0.25, 0.3) is 0 Å². The Morgan fingerprint density at radius 2 is 1.74 bits per heavy atom. The van der Waals surface area contributed by atoms with E-state index in [-0.39, 0.29) is 5.75 Å². The number of para-hydroxylation sites is 1. The molecule has 0 spiro atoms. The molecule has 0 radical (unpaired) electrons. The van der Waals surface area contributed by atoms with E-state index in [0.717, 1.165) is 29.9 Å². The Balaban J connectivity index is 2.23. The van der Waals surface area contributed by atoms with Crippen LogP contribution in [0.1, 0.15) is 20.3 Å². The Morgan fingerprint density at radius 3 is 2.42 bits per heavy atom. The van der Waals surface area contributed by atoms with Gasteiger partial charge in [0.05, 0.1) is 6.61 Å². The minimum absolute atomic E-state index is 0.279. The first kappa shape index (κ1) is 13.5. The quantitative estimate of drug-likeness (QED) is 0.854. The van der Waals surface area contributed by atoms with Crippen LogP contribution in [0.3, 0.4) is 0 Å². The highest BCUT2D eigenvalue weighted by Gasteiger charge is 2.07. The van der Waals surface area contributed by atoms with Gasteiger partial charge in [-0.15, -0.1) is 0 Å². The highest BCUT2D eigenvalue weighted by atomic mass is 16.5. The van der Waals surface area contributed by atoms with Gasteiger partial charge in [-0.25, -0.2) is 0 Å². The average molecular weight is 256 g/mol. The van der Waals surface area contributed by atoms with Gasteiger partial charge in [-0.1, -0.05) is 50.6 Å². The van der Waals surface area contributed by atoms with Gasteiger partial charge in [0.2, 0.25) is 0 Å². The Morgan fingerprint density at radius 1 is 1.05 bits per heavy atom. The lowest BCUT2D eigenvalue weighted by Gasteiger charge is -2.14. The van der Waals surface area contributed by atoms with Crippen molar-refractivity contribution >= 4 is 0 Å². The molecule has 0 fully saturated rings. The number of phenols is 1. The molecule has 1 unspecified atom stereocenters. The smallest absolute Gasteiger partial charge is 0.127 e. The lowest BCUT2D eigenvalue weighted by molar-refractivity contribution is 0.257. The summed E-state index contributed by atoms with van der Waals surface area (Å²) in [5.41, 5.74) is 2.11. The molecule has 0 aliphatic heterocycles. The van der Waals surface area contributed by atoms with Crippen LogP contribution in [0.25, 0.3) is 11.1 Å². The van der Waals surface area contributed by atoms with Crippen LogP contribution in [0.2, 0.25) is 0 Å². The highest BCUT2D eigenvalue weighted by molar-refractivity contribution is 5.70. The third kappa shape index (κ3) is 3.50. The summed E-state index contributed by atoms with van der Waals surface area (Å²) >= 11 is 0. The van der Waals surface area contributed by atoms with Crippen LogP contribution in [0.15, 0.2) is 48.5 Å². The van der Waals surface area contributed by atoms with Crippen molar-refractivity contribution in [1.82, 2.24) is 0 Å². The van der Waals surface area contributed by atoms with E-state index in [1.54, 1.807) is 12.1 Å². The zero-order chi connectivity index (χ0) is 13.7. The van der Waals surface area contributed by atoms with Crippen molar-refractivity contribution in [2.24, 2.45) is 5.92 Å². The molecule has 2 aromatic carbocycles. The first-order valence-corrected chi connectivity index (χ1v) is 6.72. The maximum Gasteiger partial charge on any atom is 0.127 e. The summed E-state index contributed by atoms with van der Waals surface area (Å²) in [6.45, 7) is 5.08. The fourth-order valence-corrected chi connectivity index (χ4v) is 1.82. The van der Waals surface area contributed by atoms with Crippen molar-refractivity contribution in [2.45, 2.75) is 20.3 Å². The predicted octanol–water partition coefficient (Wildman–Crippen LogP) is 4.48. The van der Waals surface area contributed by atoms with Gasteiger partial charge in [-0.2, -0.15) is 0 Å². The maximum absolute atomic E-state index is 9.35. The molecular formula is C17H20O2. The Kier molecular flexibility index (Phi) is 4.45. The number of benzene rings is 2. The molecule has 0 aliphatic carbocycles. The van der Waals surface area contributed by atoms with Gasteiger partial charge in [0.1, 0.15) is 11.5 Å². The molecule has 1 N–H and O–H groups in total. The lowest BCUT2D eigenvalue weighted by Crippen LogP contribution is -2.07. The van der Waals surface area contributed by atoms with E-state index in [9.17, 15) is 5.11 Å². The number of hydrogen-bond donors (Lipinski definition) is 1. The van der Waals surface area contributed by atoms with Crippen LogP contribution in [0.4, 0.5) is 0 Å². The Bertz CT molecular complexity index is 517. The zero-order valence-corrected chi connectivity index (χ0v) is 11.5. The largest absolute Gasteiger partial charge is 0.508 e. The highest BCUT2D eigenvalue weighted by Crippen LogP contribution is 2.31. The SMILES string of the molecule is CCC(C)COc1ccccc1-c1ccc(O)cc1. The second kappa shape index (κ2) is 6.28. The molecule has 0 saturated heterocycles. The Hall–Kier alpha value is -1.96. The summed E-state index contributed by atoms with van der Waals surface area (Å²) in [7, 11) is 0. The summed E-state index contributed by atoms with van der Waals surface area (Å²) in [6, 6.07) is 15.2. The molecule has 2 aromatic rings.